The Hall–Kier alpha value is -1.55. The highest BCUT2D eigenvalue weighted by atomic mass is 16.5. The topological polar surface area (TPSA) is 44.8 Å². The summed E-state index contributed by atoms with van der Waals surface area (Å²) in [5.41, 5.74) is 0.509. The second-order valence-electron chi connectivity index (χ2n) is 3.37. The summed E-state index contributed by atoms with van der Waals surface area (Å²) >= 11 is 0. The average molecular weight is 224 g/mol. The first kappa shape index (κ1) is 12.5. The zero-order chi connectivity index (χ0) is 12.0. The molecule has 0 radical (unpaired) electrons. The van der Waals surface area contributed by atoms with E-state index < -0.39 is 0 Å². The first-order valence-corrected chi connectivity index (χ1v) is 5.01. The Labute approximate surface area is 95.1 Å². The summed E-state index contributed by atoms with van der Waals surface area (Å²) in [4.78, 5) is 11.2. The monoisotopic (exact) mass is 224 g/mol. The number of carbonyl (C=O) groups excluding carboxylic acids is 1. The Balaban J connectivity index is 2.54. The van der Waals surface area contributed by atoms with E-state index in [4.69, 9.17) is 9.47 Å². The standard InChI is InChI=1S/C12H16O4/c1-9(14-2)8-16-11-6-4-10(5-7-11)12(13)15-3/h4-7,9H,8H2,1-3H3. The van der Waals surface area contributed by atoms with Gasteiger partial charge in [-0.25, -0.2) is 4.79 Å². The minimum absolute atomic E-state index is 0.0419. The second kappa shape index (κ2) is 6.12. The summed E-state index contributed by atoms with van der Waals surface area (Å²) in [5.74, 6) is 0.355. The van der Waals surface area contributed by atoms with E-state index in [-0.39, 0.29) is 12.1 Å². The molecular weight excluding hydrogens is 208 g/mol. The number of methoxy groups -OCH3 is 2. The first-order valence-electron chi connectivity index (χ1n) is 5.01. The van der Waals surface area contributed by atoms with E-state index in [1.807, 2.05) is 6.92 Å². The Morgan fingerprint density at radius 3 is 2.38 bits per heavy atom. The van der Waals surface area contributed by atoms with Gasteiger partial charge in [0, 0.05) is 7.11 Å². The fourth-order valence-electron chi connectivity index (χ4n) is 1.09. The number of esters is 1. The van der Waals surface area contributed by atoms with Crippen LogP contribution in [0.5, 0.6) is 5.75 Å². The molecule has 4 heteroatoms. The number of hydrogen-bond donors (Lipinski definition) is 0. The van der Waals surface area contributed by atoms with Gasteiger partial charge in [0.2, 0.25) is 0 Å². The second-order valence-corrected chi connectivity index (χ2v) is 3.37. The van der Waals surface area contributed by atoms with Gasteiger partial charge in [0.05, 0.1) is 18.8 Å². The molecule has 0 heterocycles. The van der Waals surface area contributed by atoms with Crippen molar-refractivity contribution in [3.8, 4) is 5.75 Å². The molecule has 1 aromatic rings. The van der Waals surface area contributed by atoms with Crippen LogP contribution in [0.4, 0.5) is 0 Å². The van der Waals surface area contributed by atoms with Crippen molar-refractivity contribution in [2.45, 2.75) is 13.0 Å². The van der Waals surface area contributed by atoms with Crippen LogP contribution in [-0.2, 0) is 9.47 Å². The molecule has 0 aliphatic carbocycles. The normalized spacial score (nSPS) is 11.9. The SMILES string of the molecule is COC(=O)c1ccc(OCC(C)OC)cc1. The number of ether oxygens (including phenoxy) is 3. The highest BCUT2D eigenvalue weighted by Crippen LogP contribution is 2.13. The quantitative estimate of drug-likeness (QED) is 0.716. The van der Waals surface area contributed by atoms with Crippen LogP contribution < -0.4 is 4.74 Å². The van der Waals surface area contributed by atoms with Crippen molar-refractivity contribution in [2.75, 3.05) is 20.8 Å². The summed E-state index contributed by atoms with van der Waals surface area (Å²) in [6.07, 6.45) is 0.0419. The molecule has 0 aliphatic rings. The predicted molar refractivity (Wildman–Crippen MR) is 59.7 cm³/mol. The summed E-state index contributed by atoms with van der Waals surface area (Å²) in [7, 11) is 2.99. The molecule has 1 unspecified atom stereocenters. The Morgan fingerprint density at radius 1 is 1.25 bits per heavy atom. The van der Waals surface area contributed by atoms with Gasteiger partial charge in [0.1, 0.15) is 12.4 Å². The van der Waals surface area contributed by atoms with Crippen molar-refractivity contribution in [1.29, 1.82) is 0 Å². The molecule has 1 atom stereocenters. The molecule has 1 rings (SSSR count). The summed E-state index contributed by atoms with van der Waals surface area (Å²) in [6, 6.07) is 6.79. The van der Waals surface area contributed by atoms with Gasteiger partial charge in [-0.1, -0.05) is 0 Å². The molecule has 0 aliphatic heterocycles. The van der Waals surface area contributed by atoms with Gasteiger partial charge in [-0.15, -0.1) is 0 Å². The summed E-state index contributed by atoms with van der Waals surface area (Å²) in [6.45, 7) is 2.40. The average Bonchev–Trinajstić information content (AvgIpc) is 2.35. The lowest BCUT2D eigenvalue weighted by atomic mass is 10.2. The third-order valence-electron chi connectivity index (χ3n) is 2.16. The fraction of sp³-hybridized carbons (Fsp3) is 0.417. The van der Waals surface area contributed by atoms with Crippen molar-refractivity contribution in [1.82, 2.24) is 0 Å². The minimum atomic E-state index is -0.350. The van der Waals surface area contributed by atoms with Crippen molar-refractivity contribution >= 4 is 5.97 Å². The van der Waals surface area contributed by atoms with Crippen LogP contribution in [0.1, 0.15) is 17.3 Å². The van der Waals surface area contributed by atoms with Gasteiger partial charge in [-0.3, -0.25) is 0 Å². The lowest BCUT2D eigenvalue weighted by Gasteiger charge is -2.11. The van der Waals surface area contributed by atoms with Crippen molar-refractivity contribution in [2.24, 2.45) is 0 Å². The van der Waals surface area contributed by atoms with Gasteiger partial charge in [-0.2, -0.15) is 0 Å². The van der Waals surface area contributed by atoms with Crippen molar-refractivity contribution < 1.29 is 19.0 Å². The largest absolute Gasteiger partial charge is 0.491 e. The molecule has 88 valence electrons. The van der Waals surface area contributed by atoms with Crippen molar-refractivity contribution in [3.05, 3.63) is 29.8 Å². The van der Waals surface area contributed by atoms with Crippen LogP contribution in [0.25, 0.3) is 0 Å². The molecule has 0 saturated heterocycles. The van der Waals surface area contributed by atoms with Crippen LogP contribution in [0.3, 0.4) is 0 Å². The van der Waals surface area contributed by atoms with E-state index in [1.165, 1.54) is 7.11 Å². The maximum Gasteiger partial charge on any atom is 0.337 e. The van der Waals surface area contributed by atoms with Crippen molar-refractivity contribution in [3.63, 3.8) is 0 Å². The molecule has 0 N–H and O–H groups in total. The Bertz CT molecular complexity index is 331. The Kier molecular flexibility index (Phi) is 4.79. The van der Waals surface area contributed by atoms with E-state index >= 15 is 0 Å². The molecule has 0 aromatic heterocycles. The van der Waals surface area contributed by atoms with Gasteiger partial charge < -0.3 is 14.2 Å². The lowest BCUT2D eigenvalue weighted by molar-refractivity contribution is 0.0600. The summed E-state index contributed by atoms with van der Waals surface area (Å²) in [5, 5.41) is 0. The van der Waals surface area contributed by atoms with E-state index in [9.17, 15) is 4.79 Å². The molecule has 16 heavy (non-hydrogen) atoms. The molecular formula is C12H16O4. The highest BCUT2D eigenvalue weighted by molar-refractivity contribution is 5.89. The maximum atomic E-state index is 11.2. The van der Waals surface area contributed by atoms with E-state index in [0.717, 1.165) is 0 Å². The molecule has 0 saturated carbocycles. The van der Waals surface area contributed by atoms with Gasteiger partial charge in [-0.05, 0) is 31.2 Å². The Morgan fingerprint density at radius 2 is 1.88 bits per heavy atom. The van der Waals surface area contributed by atoms with Gasteiger partial charge in [0.25, 0.3) is 0 Å². The third kappa shape index (κ3) is 3.55. The van der Waals surface area contributed by atoms with Gasteiger partial charge in [0.15, 0.2) is 0 Å². The maximum absolute atomic E-state index is 11.2. The van der Waals surface area contributed by atoms with Gasteiger partial charge >= 0.3 is 5.97 Å². The minimum Gasteiger partial charge on any atom is -0.491 e. The number of rotatable bonds is 5. The first-order chi connectivity index (χ1) is 7.67. The zero-order valence-electron chi connectivity index (χ0n) is 9.73. The van der Waals surface area contributed by atoms with E-state index in [2.05, 4.69) is 4.74 Å². The van der Waals surface area contributed by atoms with Crippen LogP contribution in [0, 0.1) is 0 Å². The fourth-order valence-corrected chi connectivity index (χ4v) is 1.09. The number of benzene rings is 1. The van der Waals surface area contributed by atoms with Crippen LogP contribution in [0.15, 0.2) is 24.3 Å². The molecule has 0 bridgehead atoms. The molecule has 0 fully saturated rings. The van der Waals surface area contributed by atoms with Crippen LogP contribution in [-0.4, -0.2) is 32.9 Å². The summed E-state index contributed by atoms with van der Waals surface area (Å²) < 4.78 is 15.1. The number of hydrogen-bond acceptors (Lipinski definition) is 4. The predicted octanol–water partition coefficient (Wildman–Crippen LogP) is 1.89. The molecule has 1 aromatic carbocycles. The van der Waals surface area contributed by atoms with E-state index in [0.29, 0.717) is 17.9 Å². The van der Waals surface area contributed by atoms with Crippen LogP contribution >= 0.6 is 0 Å². The molecule has 0 amide bonds. The smallest absolute Gasteiger partial charge is 0.337 e. The molecule has 4 nitrogen and oxygen atoms in total. The van der Waals surface area contributed by atoms with Crippen LogP contribution in [0.2, 0.25) is 0 Å². The molecule has 0 spiro atoms. The third-order valence-corrected chi connectivity index (χ3v) is 2.16. The van der Waals surface area contributed by atoms with E-state index in [1.54, 1.807) is 31.4 Å². The lowest BCUT2D eigenvalue weighted by Crippen LogP contribution is -2.15. The number of carbonyl (C=O) groups is 1. The highest BCUT2D eigenvalue weighted by Gasteiger charge is 2.05. The zero-order valence-corrected chi connectivity index (χ0v) is 9.73.